The molecule has 0 fully saturated rings. The highest BCUT2D eigenvalue weighted by molar-refractivity contribution is 7.92. The highest BCUT2D eigenvalue weighted by atomic mass is 35.5. The molecular formula is C18H12ClFO5S2. The van der Waals surface area contributed by atoms with Crippen LogP contribution in [0.2, 0.25) is 4.34 Å². The number of phenols is 1. The Kier molecular flexibility index (Phi) is 5.23. The Morgan fingerprint density at radius 3 is 2.52 bits per heavy atom. The second-order valence-electron chi connectivity index (χ2n) is 5.68. The number of thiophene rings is 1. The number of halogens is 2. The van der Waals surface area contributed by atoms with Crippen molar-refractivity contribution in [1.29, 1.82) is 0 Å². The molecule has 0 atom stereocenters. The van der Waals surface area contributed by atoms with Crippen LogP contribution in [0.3, 0.4) is 0 Å². The number of benzene rings is 2. The summed E-state index contributed by atoms with van der Waals surface area (Å²) >= 11 is 7.00. The minimum absolute atomic E-state index is 0.00596. The molecule has 5 nitrogen and oxygen atoms in total. The number of hydrogen-bond acceptors (Lipinski definition) is 5. The summed E-state index contributed by atoms with van der Waals surface area (Å²) in [5, 5.41) is 18.6. The van der Waals surface area contributed by atoms with Crippen LogP contribution in [-0.2, 0) is 15.6 Å². The van der Waals surface area contributed by atoms with Crippen molar-refractivity contribution < 1.29 is 27.8 Å². The minimum atomic E-state index is -3.80. The lowest BCUT2D eigenvalue weighted by Gasteiger charge is -2.05. The summed E-state index contributed by atoms with van der Waals surface area (Å²) in [6.45, 7) is 0. The number of sulfone groups is 1. The monoisotopic (exact) mass is 426 g/mol. The van der Waals surface area contributed by atoms with E-state index in [0.717, 1.165) is 23.5 Å². The molecule has 140 valence electrons. The van der Waals surface area contributed by atoms with E-state index in [1.807, 2.05) is 0 Å². The van der Waals surface area contributed by atoms with Crippen LogP contribution < -0.4 is 0 Å². The quantitative estimate of drug-likeness (QED) is 0.622. The SMILES string of the molecule is O=C(O)c1ccc(CS(=O)(=O)c2cc(-c3cccc(F)c3)c(Cl)s2)cc1O. The highest BCUT2D eigenvalue weighted by Crippen LogP contribution is 2.39. The van der Waals surface area contributed by atoms with E-state index >= 15 is 0 Å². The van der Waals surface area contributed by atoms with Gasteiger partial charge < -0.3 is 10.2 Å². The van der Waals surface area contributed by atoms with E-state index in [2.05, 4.69) is 0 Å². The Bertz CT molecular complexity index is 1140. The number of carboxylic acids is 1. The zero-order valence-corrected chi connectivity index (χ0v) is 15.9. The van der Waals surface area contributed by atoms with Crippen molar-refractivity contribution in [3.63, 3.8) is 0 Å². The number of hydrogen-bond donors (Lipinski definition) is 2. The Morgan fingerprint density at radius 1 is 1.15 bits per heavy atom. The van der Waals surface area contributed by atoms with Crippen molar-refractivity contribution in [3.8, 4) is 16.9 Å². The lowest BCUT2D eigenvalue weighted by molar-refractivity contribution is 0.0693. The molecule has 1 aromatic heterocycles. The van der Waals surface area contributed by atoms with Gasteiger partial charge in [-0.3, -0.25) is 0 Å². The summed E-state index contributed by atoms with van der Waals surface area (Å²) in [4.78, 5) is 10.9. The van der Waals surface area contributed by atoms with Crippen LogP contribution >= 0.6 is 22.9 Å². The van der Waals surface area contributed by atoms with Gasteiger partial charge in [0.2, 0.25) is 0 Å². The molecule has 27 heavy (non-hydrogen) atoms. The van der Waals surface area contributed by atoms with Crippen molar-refractivity contribution in [1.82, 2.24) is 0 Å². The van der Waals surface area contributed by atoms with Gasteiger partial charge in [0.1, 0.15) is 25.7 Å². The molecule has 3 aromatic rings. The lowest BCUT2D eigenvalue weighted by Crippen LogP contribution is -2.04. The summed E-state index contributed by atoms with van der Waals surface area (Å²) in [6, 6.07) is 10.6. The van der Waals surface area contributed by atoms with Gasteiger partial charge in [0, 0.05) is 5.56 Å². The van der Waals surface area contributed by atoms with Gasteiger partial charge in [0.25, 0.3) is 0 Å². The molecule has 0 saturated carbocycles. The van der Waals surface area contributed by atoms with Crippen molar-refractivity contribution in [2.75, 3.05) is 0 Å². The molecule has 0 saturated heterocycles. The van der Waals surface area contributed by atoms with Gasteiger partial charge in [-0.1, -0.05) is 29.8 Å². The largest absolute Gasteiger partial charge is 0.507 e. The van der Waals surface area contributed by atoms with Crippen molar-refractivity contribution in [2.45, 2.75) is 9.96 Å². The molecule has 2 N–H and O–H groups in total. The van der Waals surface area contributed by atoms with Gasteiger partial charge in [0.05, 0.1) is 5.75 Å². The van der Waals surface area contributed by atoms with Crippen LogP contribution in [0.1, 0.15) is 15.9 Å². The first-order valence-electron chi connectivity index (χ1n) is 7.50. The van der Waals surface area contributed by atoms with Gasteiger partial charge in [-0.05, 0) is 41.5 Å². The molecule has 0 aliphatic carbocycles. The number of carbonyl (C=O) groups is 1. The Hall–Kier alpha value is -2.42. The van der Waals surface area contributed by atoms with Crippen LogP contribution in [0.5, 0.6) is 5.75 Å². The van der Waals surface area contributed by atoms with Crippen LogP contribution in [0.15, 0.2) is 52.7 Å². The van der Waals surface area contributed by atoms with E-state index in [9.17, 15) is 22.7 Å². The lowest BCUT2D eigenvalue weighted by atomic mass is 10.1. The van der Waals surface area contributed by atoms with Crippen LogP contribution in [0.25, 0.3) is 11.1 Å². The predicted molar refractivity (Wildman–Crippen MR) is 101 cm³/mol. The standard InChI is InChI=1S/C18H12ClFO5S2/c19-17-14(11-2-1-3-12(20)7-11)8-16(26-17)27(24,25)9-10-4-5-13(18(22)23)15(21)6-10/h1-8,21H,9H2,(H,22,23). The summed E-state index contributed by atoms with van der Waals surface area (Å²) in [6.07, 6.45) is 0. The average molecular weight is 427 g/mol. The van der Waals surface area contributed by atoms with Crippen molar-refractivity contribution in [3.05, 3.63) is 69.8 Å². The highest BCUT2D eigenvalue weighted by Gasteiger charge is 2.22. The van der Waals surface area contributed by atoms with Crippen molar-refractivity contribution >= 4 is 38.7 Å². The summed E-state index contributed by atoms with van der Waals surface area (Å²) in [5.41, 5.74) is 0.781. The Balaban J connectivity index is 1.93. The Labute approximate surface area is 163 Å². The van der Waals surface area contributed by atoms with E-state index in [4.69, 9.17) is 16.7 Å². The first-order valence-corrected chi connectivity index (χ1v) is 10.4. The van der Waals surface area contributed by atoms with E-state index in [0.29, 0.717) is 11.1 Å². The smallest absolute Gasteiger partial charge is 0.339 e. The average Bonchev–Trinajstić information content (AvgIpc) is 2.97. The van der Waals surface area contributed by atoms with Gasteiger partial charge in [-0.25, -0.2) is 17.6 Å². The number of carboxylic acid groups (broad SMARTS) is 1. The molecule has 0 radical (unpaired) electrons. The third-order valence-electron chi connectivity index (χ3n) is 3.76. The normalized spacial score (nSPS) is 11.5. The molecule has 9 heteroatoms. The maximum absolute atomic E-state index is 13.4. The molecule has 0 spiro atoms. The Morgan fingerprint density at radius 2 is 1.89 bits per heavy atom. The van der Waals surface area contributed by atoms with E-state index in [1.165, 1.54) is 30.3 Å². The summed E-state index contributed by atoms with van der Waals surface area (Å²) in [5.74, 6) is -2.74. The molecule has 0 unspecified atom stereocenters. The van der Waals surface area contributed by atoms with Gasteiger partial charge in [-0.2, -0.15) is 0 Å². The molecule has 3 rings (SSSR count). The first-order chi connectivity index (χ1) is 12.7. The molecule has 1 heterocycles. The fourth-order valence-corrected chi connectivity index (χ4v) is 5.67. The van der Waals surface area contributed by atoms with Gasteiger partial charge >= 0.3 is 5.97 Å². The fourth-order valence-electron chi connectivity index (χ4n) is 2.49. The molecule has 0 amide bonds. The third kappa shape index (κ3) is 4.13. The number of rotatable bonds is 5. The topological polar surface area (TPSA) is 91.7 Å². The zero-order valence-electron chi connectivity index (χ0n) is 13.5. The molecule has 0 bridgehead atoms. The van der Waals surface area contributed by atoms with E-state index in [-0.39, 0.29) is 19.7 Å². The summed E-state index contributed by atoms with van der Waals surface area (Å²) < 4.78 is 39.0. The molecule has 2 aromatic carbocycles. The minimum Gasteiger partial charge on any atom is -0.507 e. The maximum atomic E-state index is 13.4. The maximum Gasteiger partial charge on any atom is 0.339 e. The van der Waals surface area contributed by atoms with Gasteiger partial charge in [-0.15, -0.1) is 11.3 Å². The second kappa shape index (κ2) is 7.30. The van der Waals surface area contributed by atoms with Crippen LogP contribution in [-0.4, -0.2) is 24.6 Å². The van der Waals surface area contributed by atoms with Crippen LogP contribution in [0.4, 0.5) is 4.39 Å². The zero-order chi connectivity index (χ0) is 19.8. The number of aromatic hydroxyl groups is 1. The van der Waals surface area contributed by atoms with E-state index < -0.39 is 33.1 Å². The second-order valence-corrected chi connectivity index (χ2v) is 9.55. The number of aromatic carboxylic acids is 1. The fraction of sp³-hybridized carbons (Fsp3) is 0.0556. The molecular weight excluding hydrogens is 415 g/mol. The molecule has 0 aliphatic rings. The summed E-state index contributed by atoms with van der Waals surface area (Å²) in [7, 11) is -3.80. The van der Waals surface area contributed by atoms with Crippen LogP contribution in [0, 0.1) is 5.82 Å². The third-order valence-corrected chi connectivity index (χ3v) is 7.36. The molecule has 0 aliphatic heterocycles. The first kappa shape index (κ1) is 19.3. The van der Waals surface area contributed by atoms with E-state index in [1.54, 1.807) is 6.07 Å². The van der Waals surface area contributed by atoms with Crippen molar-refractivity contribution in [2.24, 2.45) is 0 Å². The predicted octanol–water partition coefficient (Wildman–Crippen LogP) is 4.59. The van der Waals surface area contributed by atoms with Gasteiger partial charge in [0.15, 0.2) is 9.84 Å².